The average molecular weight is 828 g/mol. The van der Waals surface area contributed by atoms with E-state index >= 15 is 0 Å². The van der Waals surface area contributed by atoms with Crippen LogP contribution >= 0.6 is 0 Å². The smallest absolute Gasteiger partial charge is 0.0726 e. The Labute approximate surface area is 381 Å². The van der Waals surface area contributed by atoms with Gasteiger partial charge in [-0.1, -0.05) is 226 Å². The van der Waals surface area contributed by atoms with Crippen LogP contribution in [0.3, 0.4) is 0 Å². The summed E-state index contributed by atoms with van der Waals surface area (Å²) in [5.41, 5.74) is 25.8. The molecule has 0 saturated carbocycles. The largest absolute Gasteiger partial charge is 0.309 e. The normalized spacial score (nSPS) is 13.9. The molecule has 1 spiro atoms. The van der Waals surface area contributed by atoms with Gasteiger partial charge in [-0.15, -0.1) is 0 Å². The van der Waals surface area contributed by atoms with Gasteiger partial charge in [-0.05, 0) is 113 Å². The molecular formula is C64H45N. The minimum Gasteiger partial charge on any atom is -0.309 e. The standard InChI is InChI=1S/C64H45N/c1-63(2)53-32-15-11-28-49(53)52-41-44(39-40-54(52)63)65(59-37-19-31-46(43-23-7-4-8-24-43)61(59)50-29-10-9-25-45(50)42-21-5-3-6-22-42)60-38-20-36-58-62(60)51-30-14-18-35-57(51)64(58)55-33-16-12-26-47(55)48-27-13-17-34-56(48)64/h3-41H,1-2H3. The molecule has 0 aromatic heterocycles. The van der Waals surface area contributed by atoms with E-state index < -0.39 is 5.41 Å². The number of nitrogens with zero attached hydrogens (tertiary/aromatic N) is 1. The first-order valence-corrected chi connectivity index (χ1v) is 22.9. The molecule has 0 fully saturated rings. The van der Waals surface area contributed by atoms with Crippen LogP contribution in [0.25, 0.3) is 66.8 Å². The van der Waals surface area contributed by atoms with Crippen LogP contribution < -0.4 is 4.90 Å². The van der Waals surface area contributed by atoms with E-state index in [1.807, 2.05) is 0 Å². The number of fused-ring (bicyclic) bond motifs is 13. The summed E-state index contributed by atoms with van der Waals surface area (Å²) < 4.78 is 0. The first kappa shape index (κ1) is 37.5. The zero-order valence-corrected chi connectivity index (χ0v) is 36.5. The van der Waals surface area contributed by atoms with Gasteiger partial charge in [0.2, 0.25) is 0 Å². The predicted octanol–water partition coefficient (Wildman–Crippen LogP) is 16.8. The van der Waals surface area contributed by atoms with Crippen LogP contribution in [0, 0.1) is 0 Å². The Morgan fingerprint density at radius 2 is 0.692 bits per heavy atom. The lowest BCUT2D eigenvalue weighted by molar-refractivity contribution is 0.660. The van der Waals surface area contributed by atoms with Gasteiger partial charge in [-0.25, -0.2) is 0 Å². The van der Waals surface area contributed by atoms with Crippen LogP contribution in [0.15, 0.2) is 237 Å². The quantitative estimate of drug-likeness (QED) is 0.161. The number of hydrogen-bond acceptors (Lipinski definition) is 1. The van der Waals surface area contributed by atoms with Gasteiger partial charge < -0.3 is 4.90 Å². The molecule has 0 unspecified atom stereocenters. The third-order valence-electron chi connectivity index (χ3n) is 14.7. The number of hydrogen-bond donors (Lipinski definition) is 0. The van der Waals surface area contributed by atoms with E-state index in [0.29, 0.717) is 0 Å². The highest BCUT2D eigenvalue weighted by Gasteiger charge is 2.52. The minimum absolute atomic E-state index is 0.120. The summed E-state index contributed by atoms with van der Waals surface area (Å²) in [7, 11) is 0. The lowest BCUT2D eigenvalue weighted by atomic mass is 9.70. The van der Waals surface area contributed by atoms with E-state index in [1.165, 1.54) is 100 Å². The monoisotopic (exact) mass is 827 g/mol. The van der Waals surface area contributed by atoms with Gasteiger partial charge in [0.25, 0.3) is 0 Å². The molecule has 0 bridgehead atoms. The zero-order valence-electron chi connectivity index (χ0n) is 36.5. The summed E-state index contributed by atoms with van der Waals surface area (Å²) in [4.78, 5) is 2.60. The van der Waals surface area contributed by atoms with Crippen molar-refractivity contribution >= 4 is 17.1 Å². The van der Waals surface area contributed by atoms with Crippen LogP contribution in [-0.4, -0.2) is 0 Å². The molecular weight excluding hydrogens is 783 g/mol. The Morgan fingerprint density at radius 3 is 1.32 bits per heavy atom. The Kier molecular flexibility index (Phi) is 8.24. The second-order valence-corrected chi connectivity index (χ2v) is 18.3. The molecule has 0 N–H and O–H groups in total. The summed E-state index contributed by atoms with van der Waals surface area (Å²) in [5.74, 6) is 0. The third kappa shape index (κ3) is 5.27. The maximum absolute atomic E-state index is 2.60. The summed E-state index contributed by atoms with van der Waals surface area (Å²) in [5, 5.41) is 0. The van der Waals surface area contributed by atoms with E-state index in [0.717, 1.165) is 17.1 Å². The van der Waals surface area contributed by atoms with Gasteiger partial charge in [-0.3, -0.25) is 0 Å². The van der Waals surface area contributed by atoms with Crippen LogP contribution in [0.5, 0.6) is 0 Å². The van der Waals surface area contributed by atoms with Crippen molar-refractivity contribution in [3.8, 4) is 66.8 Å². The van der Waals surface area contributed by atoms with Crippen molar-refractivity contribution in [1.29, 1.82) is 0 Å². The van der Waals surface area contributed by atoms with E-state index in [2.05, 4.69) is 255 Å². The van der Waals surface area contributed by atoms with Crippen LogP contribution in [0.1, 0.15) is 47.2 Å². The lowest BCUT2D eigenvalue weighted by Crippen LogP contribution is -2.26. The second kappa shape index (κ2) is 14.3. The molecule has 3 aliphatic carbocycles. The number of benzene rings is 10. The predicted molar refractivity (Wildman–Crippen MR) is 271 cm³/mol. The number of anilines is 3. The molecule has 0 atom stereocenters. The van der Waals surface area contributed by atoms with Crippen molar-refractivity contribution in [3.63, 3.8) is 0 Å². The molecule has 0 heterocycles. The maximum atomic E-state index is 2.60. The van der Waals surface area contributed by atoms with Crippen LogP contribution in [0.4, 0.5) is 17.1 Å². The van der Waals surface area contributed by atoms with Gasteiger partial charge in [0, 0.05) is 22.2 Å². The highest BCUT2D eigenvalue weighted by Crippen LogP contribution is 2.65. The van der Waals surface area contributed by atoms with Gasteiger partial charge in [0.15, 0.2) is 0 Å². The fourth-order valence-electron chi connectivity index (χ4n) is 12.0. The molecule has 65 heavy (non-hydrogen) atoms. The highest BCUT2D eigenvalue weighted by atomic mass is 15.1. The van der Waals surface area contributed by atoms with Gasteiger partial charge >= 0.3 is 0 Å². The maximum Gasteiger partial charge on any atom is 0.0726 e. The molecule has 1 nitrogen and oxygen atoms in total. The topological polar surface area (TPSA) is 3.24 Å². The summed E-state index contributed by atoms with van der Waals surface area (Å²) in [6.45, 7) is 4.74. The minimum atomic E-state index is -0.476. The Morgan fingerprint density at radius 1 is 0.277 bits per heavy atom. The van der Waals surface area contributed by atoms with Gasteiger partial charge in [-0.2, -0.15) is 0 Å². The summed E-state index contributed by atoms with van der Waals surface area (Å²) in [6.07, 6.45) is 0. The lowest BCUT2D eigenvalue weighted by Gasteiger charge is -2.33. The number of rotatable bonds is 6. The first-order valence-electron chi connectivity index (χ1n) is 22.9. The Balaban J connectivity index is 1.16. The molecule has 0 aliphatic heterocycles. The van der Waals surface area contributed by atoms with Crippen LogP contribution in [-0.2, 0) is 10.8 Å². The van der Waals surface area contributed by atoms with E-state index in [9.17, 15) is 0 Å². The van der Waals surface area contributed by atoms with Gasteiger partial charge in [0.05, 0.1) is 16.8 Å². The van der Waals surface area contributed by atoms with Crippen molar-refractivity contribution in [2.75, 3.05) is 4.90 Å². The van der Waals surface area contributed by atoms with Crippen LogP contribution in [0.2, 0.25) is 0 Å². The molecule has 3 aliphatic rings. The molecule has 306 valence electrons. The molecule has 0 amide bonds. The fourth-order valence-corrected chi connectivity index (χ4v) is 12.0. The fraction of sp³-hybridized carbons (Fsp3) is 0.0625. The molecule has 10 aromatic rings. The highest BCUT2D eigenvalue weighted by molar-refractivity contribution is 6.06. The zero-order chi connectivity index (χ0) is 43.3. The SMILES string of the molecule is CC1(C)c2ccccc2-c2cc(N(c3cccc(-c4ccccc4)c3-c3ccccc3-c3ccccc3)c3cccc4c3-c3ccccc3C43c4ccccc4-c4ccccc43)ccc21. The second-order valence-electron chi connectivity index (χ2n) is 18.3. The summed E-state index contributed by atoms with van der Waals surface area (Å²) >= 11 is 0. The van der Waals surface area contributed by atoms with Gasteiger partial charge in [0.1, 0.15) is 0 Å². The molecule has 0 saturated heterocycles. The van der Waals surface area contributed by atoms with E-state index in [4.69, 9.17) is 0 Å². The molecule has 10 aromatic carbocycles. The Bertz CT molecular complexity index is 3480. The van der Waals surface area contributed by atoms with Crippen molar-refractivity contribution < 1.29 is 0 Å². The molecule has 0 radical (unpaired) electrons. The van der Waals surface area contributed by atoms with E-state index in [1.54, 1.807) is 0 Å². The van der Waals surface area contributed by atoms with Crippen molar-refractivity contribution in [2.24, 2.45) is 0 Å². The van der Waals surface area contributed by atoms with Crippen molar-refractivity contribution in [2.45, 2.75) is 24.7 Å². The van der Waals surface area contributed by atoms with Crippen molar-refractivity contribution in [1.82, 2.24) is 0 Å². The average Bonchev–Trinajstić information content (AvgIpc) is 3.93. The third-order valence-corrected chi connectivity index (χ3v) is 14.7. The van der Waals surface area contributed by atoms with Crippen molar-refractivity contribution in [3.05, 3.63) is 270 Å². The molecule has 13 rings (SSSR count). The molecule has 1 heteroatoms. The first-order chi connectivity index (χ1) is 32.0. The van der Waals surface area contributed by atoms with E-state index in [-0.39, 0.29) is 5.41 Å². The Hall–Kier alpha value is -8.00. The summed E-state index contributed by atoms with van der Waals surface area (Å²) in [6, 6.07) is 88.4.